The van der Waals surface area contributed by atoms with E-state index in [0.29, 0.717) is 24.6 Å². The van der Waals surface area contributed by atoms with Crippen LogP contribution in [0.25, 0.3) is 0 Å². The van der Waals surface area contributed by atoms with Crippen LogP contribution in [0, 0.1) is 0 Å². The van der Waals surface area contributed by atoms with E-state index in [1.165, 1.54) is 0 Å². The lowest BCUT2D eigenvalue weighted by Gasteiger charge is -2.26. The second kappa shape index (κ2) is 4.94. The summed E-state index contributed by atoms with van der Waals surface area (Å²) in [5.41, 5.74) is 3.18. The Morgan fingerprint density at radius 2 is 2.05 bits per heavy atom. The predicted molar refractivity (Wildman–Crippen MR) is 82.6 cm³/mol. The standard InChI is InChI=1S/C17H14N2O3/c1-21-11-4-2-10(3-5-11)14-12-7-9-22-17(12)19-15-13(20)6-8-18-16(14)15/h2-5,7,9,14H,6,8H2,1H3. The summed E-state index contributed by atoms with van der Waals surface area (Å²) in [4.78, 5) is 21.1. The molecule has 110 valence electrons. The van der Waals surface area contributed by atoms with Gasteiger partial charge in [0.15, 0.2) is 5.78 Å². The summed E-state index contributed by atoms with van der Waals surface area (Å²) in [6.07, 6.45) is 2.02. The van der Waals surface area contributed by atoms with Gasteiger partial charge in [-0.15, -0.1) is 0 Å². The number of nitrogens with zero attached hydrogens (tertiary/aromatic N) is 2. The van der Waals surface area contributed by atoms with Crippen LogP contribution in [-0.2, 0) is 4.79 Å². The Morgan fingerprint density at radius 3 is 2.82 bits per heavy atom. The van der Waals surface area contributed by atoms with Crippen LogP contribution in [0.3, 0.4) is 0 Å². The first-order valence-corrected chi connectivity index (χ1v) is 7.16. The highest BCUT2D eigenvalue weighted by Crippen LogP contribution is 2.39. The first kappa shape index (κ1) is 13.0. The second-order valence-electron chi connectivity index (χ2n) is 5.29. The van der Waals surface area contributed by atoms with E-state index in [0.717, 1.165) is 22.6 Å². The number of fused-ring (bicyclic) bond motifs is 2. The summed E-state index contributed by atoms with van der Waals surface area (Å²) in [5.74, 6) is 1.22. The SMILES string of the molecule is COc1ccc(C2C3=NCCC(=O)C3=Nc3occc32)cc1. The average molecular weight is 294 g/mol. The highest BCUT2D eigenvalue weighted by Gasteiger charge is 2.36. The largest absolute Gasteiger partial charge is 0.497 e. The molecule has 1 unspecified atom stereocenters. The van der Waals surface area contributed by atoms with Crippen LogP contribution in [0.1, 0.15) is 23.5 Å². The third kappa shape index (κ3) is 1.89. The number of hydrogen-bond donors (Lipinski definition) is 0. The number of carbonyl (C=O) groups is 1. The van der Waals surface area contributed by atoms with E-state index in [4.69, 9.17) is 9.15 Å². The van der Waals surface area contributed by atoms with Gasteiger partial charge in [0.05, 0.1) is 25.0 Å². The summed E-state index contributed by atoms with van der Waals surface area (Å²) in [5, 5.41) is 0. The maximum atomic E-state index is 12.2. The molecule has 2 aromatic rings. The number of carbonyl (C=O) groups excluding carboxylic acids is 1. The van der Waals surface area contributed by atoms with Gasteiger partial charge in [-0.2, -0.15) is 0 Å². The lowest BCUT2D eigenvalue weighted by molar-refractivity contribution is -0.112. The minimum Gasteiger partial charge on any atom is -0.497 e. The quantitative estimate of drug-likeness (QED) is 0.855. The van der Waals surface area contributed by atoms with Gasteiger partial charge in [-0.3, -0.25) is 9.79 Å². The molecular weight excluding hydrogens is 280 g/mol. The molecular formula is C17H14N2O3. The number of ether oxygens (including phenoxy) is 1. The van der Waals surface area contributed by atoms with Gasteiger partial charge in [0, 0.05) is 18.5 Å². The third-order valence-electron chi connectivity index (χ3n) is 4.05. The van der Waals surface area contributed by atoms with Crippen molar-refractivity contribution in [2.75, 3.05) is 13.7 Å². The molecule has 0 bridgehead atoms. The summed E-state index contributed by atoms with van der Waals surface area (Å²) < 4.78 is 10.6. The van der Waals surface area contributed by atoms with E-state index in [-0.39, 0.29) is 11.7 Å². The van der Waals surface area contributed by atoms with Gasteiger partial charge >= 0.3 is 0 Å². The fourth-order valence-electron chi connectivity index (χ4n) is 2.97. The van der Waals surface area contributed by atoms with Crippen molar-refractivity contribution >= 4 is 23.1 Å². The molecule has 0 aliphatic carbocycles. The molecule has 1 aromatic carbocycles. The molecule has 5 nitrogen and oxygen atoms in total. The number of aliphatic imine (C=N–C) groups is 2. The van der Waals surface area contributed by atoms with Crippen molar-refractivity contribution < 1.29 is 13.9 Å². The van der Waals surface area contributed by atoms with E-state index in [9.17, 15) is 4.79 Å². The van der Waals surface area contributed by atoms with E-state index < -0.39 is 0 Å². The van der Waals surface area contributed by atoms with Crippen LogP contribution >= 0.6 is 0 Å². The van der Waals surface area contributed by atoms with Crippen molar-refractivity contribution in [1.82, 2.24) is 0 Å². The molecule has 0 fully saturated rings. The smallest absolute Gasteiger partial charge is 0.223 e. The highest BCUT2D eigenvalue weighted by molar-refractivity contribution is 6.70. The van der Waals surface area contributed by atoms with Crippen LogP contribution < -0.4 is 4.74 Å². The molecule has 2 aliphatic heterocycles. The van der Waals surface area contributed by atoms with Gasteiger partial charge in [-0.05, 0) is 23.8 Å². The van der Waals surface area contributed by atoms with Crippen LogP contribution in [0.15, 0.2) is 51.0 Å². The minimum absolute atomic E-state index is 0.0329. The number of rotatable bonds is 2. The molecule has 0 N–H and O–H groups in total. The summed E-state index contributed by atoms with van der Waals surface area (Å²) in [6.45, 7) is 0.521. The van der Waals surface area contributed by atoms with E-state index in [1.807, 2.05) is 30.3 Å². The zero-order valence-corrected chi connectivity index (χ0v) is 12.1. The van der Waals surface area contributed by atoms with Crippen molar-refractivity contribution in [2.24, 2.45) is 9.98 Å². The summed E-state index contributed by atoms with van der Waals surface area (Å²) in [7, 11) is 1.64. The number of benzene rings is 1. The van der Waals surface area contributed by atoms with Crippen molar-refractivity contribution in [2.45, 2.75) is 12.3 Å². The number of Topliss-reactive ketones (excluding diaryl/α,β-unsaturated/α-hetero) is 1. The van der Waals surface area contributed by atoms with E-state index in [1.54, 1.807) is 13.4 Å². The minimum atomic E-state index is -0.114. The van der Waals surface area contributed by atoms with Gasteiger partial charge in [0.25, 0.3) is 0 Å². The van der Waals surface area contributed by atoms with Gasteiger partial charge in [0.2, 0.25) is 5.88 Å². The van der Waals surface area contributed by atoms with Gasteiger partial charge in [-0.1, -0.05) is 12.1 Å². The Hall–Kier alpha value is -2.69. The molecule has 0 amide bonds. The van der Waals surface area contributed by atoms with Crippen molar-refractivity contribution in [3.63, 3.8) is 0 Å². The Bertz CT molecular complexity index is 800. The Labute approximate surface area is 127 Å². The van der Waals surface area contributed by atoms with E-state index >= 15 is 0 Å². The fourth-order valence-corrected chi connectivity index (χ4v) is 2.97. The third-order valence-corrected chi connectivity index (χ3v) is 4.05. The molecule has 5 heteroatoms. The Kier molecular flexibility index (Phi) is 2.92. The molecule has 22 heavy (non-hydrogen) atoms. The zero-order chi connectivity index (χ0) is 15.1. The molecule has 0 spiro atoms. The highest BCUT2D eigenvalue weighted by atomic mass is 16.5. The van der Waals surface area contributed by atoms with Crippen LogP contribution in [0.4, 0.5) is 5.88 Å². The second-order valence-corrected chi connectivity index (χ2v) is 5.29. The molecule has 2 aliphatic rings. The van der Waals surface area contributed by atoms with Gasteiger partial charge in [0.1, 0.15) is 11.5 Å². The number of methoxy groups -OCH3 is 1. The normalized spacial score (nSPS) is 19.9. The number of furan rings is 1. The number of hydrogen-bond acceptors (Lipinski definition) is 5. The molecule has 0 saturated heterocycles. The zero-order valence-electron chi connectivity index (χ0n) is 12.1. The summed E-state index contributed by atoms with van der Waals surface area (Å²) in [6, 6.07) is 9.69. The van der Waals surface area contributed by atoms with Crippen LogP contribution in [0.5, 0.6) is 5.75 Å². The van der Waals surface area contributed by atoms with Gasteiger partial charge in [-0.25, -0.2) is 4.99 Å². The molecule has 0 saturated carbocycles. The van der Waals surface area contributed by atoms with E-state index in [2.05, 4.69) is 9.98 Å². The van der Waals surface area contributed by atoms with Gasteiger partial charge < -0.3 is 9.15 Å². The molecule has 1 atom stereocenters. The lowest BCUT2D eigenvalue weighted by atomic mass is 9.82. The van der Waals surface area contributed by atoms with Crippen LogP contribution in [0.2, 0.25) is 0 Å². The van der Waals surface area contributed by atoms with Crippen molar-refractivity contribution in [3.8, 4) is 5.75 Å². The van der Waals surface area contributed by atoms with Crippen molar-refractivity contribution in [1.29, 1.82) is 0 Å². The lowest BCUT2D eigenvalue weighted by Crippen LogP contribution is -2.35. The monoisotopic (exact) mass is 294 g/mol. The molecule has 3 heterocycles. The predicted octanol–water partition coefficient (Wildman–Crippen LogP) is 2.92. The summed E-state index contributed by atoms with van der Waals surface area (Å²) >= 11 is 0. The first-order chi connectivity index (χ1) is 10.8. The molecule has 1 aromatic heterocycles. The fraction of sp³-hybridized carbons (Fsp3) is 0.235. The number of ketones is 1. The van der Waals surface area contributed by atoms with Crippen molar-refractivity contribution in [3.05, 3.63) is 47.7 Å². The van der Waals surface area contributed by atoms with Crippen LogP contribution in [-0.4, -0.2) is 30.9 Å². The topological polar surface area (TPSA) is 64.2 Å². The molecule has 0 radical (unpaired) electrons. The Balaban J connectivity index is 1.88. The molecule has 4 rings (SSSR count). The first-order valence-electron chi connectivity index (χ1n) is 7.16. The maximum Gasteiger partial charge on any atom is 0.223 e. The maximum absolute atomic E-state index is 12.2. The average Bonchev–Trinajstić information content (AvgIpc) is 3.02. The Morgan fingerprint density at radius 1 is 1.23 bits per heavy atom.